The van der Waals surface area contributed by atoms with Crippen LogP contribution in [0.2, 0.25) is 5.15 Å². The van der Waals surface area contributed by atoms with Gasteiger partial charge in [-0.05, 0) is 32.9 Å². The van der Waals surface area contributed by atoms with Gasteiger partial charge in [-0.25, -0.2) is 4.79 Å². The number of carbonyl (C=O) groups is 1. The summed E-state index contributed by atoms with van der Waals surface area (Å²) in [5.41, 5.74) is 0.0174. The number of nitrogens with one attached hydrogen (secondary N) is 1. The molecule has 0 aliphatic rings. The first-order valence-corrected chi connectivity index (χ1v) is 6.07. The highest BCUT2D eigenvalue weighted by atomic mass is 35.5. The zero-order valence-corrected chi connectivity index (χ0v) is 11.6. The smallest absolute Gasteiger partial charge is 0.408 e. The molecule has 2 heterocycles. The Morgan fingerprint density at radius 2 is 2.16 bits per heavy atom. The van der Waals surface area contributed by atoms with Crippen LogP contribution in [0.4, 0.5) is 4.79 Å². The van der Waals surface area contributed by atoms with Gasteiger partial charge >= 0.3 is 6.09 Å². The Morgan fingerprint density at radius 3 is 2.84 bits per heavy atom. The SMILES string of the molecule is CC(C)(C)OC(=O)NCc1nnc2ccc(Cl)nn12. The van der Waals surface area contributed by atoms with Crippen LogP contribution in [0.5, 0.6) is 0 Å². The number of amides is 1. The molecule has 102 valence electrons. The molecule has 0 saturated carbocycles. The Kier molecular flexibility index (Phi) is 3.57. The van der Waals surface area contributed by atoms with Gasteiger partial charge < -0.3 is 10.1 Å². The zero-order valence-electron chi connectivity index (χ0n) is 10.8. The lowest BCUT2D eigenvalue weighted by molar-refractivity contribution is 0.0522. The fourth-order valence-electron chi connectivity index (χ4n) is 1.39. The number of carbonyl (C=O) groups excluding carboxylic acids is 1. The van der Waals surface area contributed by atoms with Crippen molar-refractivity contribution in [2.75, 3.05) is 0 Å². The number of rotatable bonds is 2. The maximum Gasteiger partial charge on any atom is 0.408 e. The van der Waals surface area contributed by atoms with E-state index in [2.05, 4.69) is 20.6 Å². The van der Waals surface area contributed by atoms with E-state index in [9.17, 15) is 4.79 Å². The van der Waals surface area contributed by atoms with Crippen LogP contribution in [-0.4, -0.2) is 31.5 Å². The first kappa shape index (κ1) is 13.5. The summed E-state index contributed by atoms with van der Waals surface area (Å²) in [7, 11) is 0. The molecule has 2 aromatic rings. The topological polar surface area (TPSA) is 81.4 Å². The fraction of sp³-hybridized carbons (Fsp3) is 0.455. The molecule has 0 unspecified atom stereocenters. The van der Waals surface area contributed by atoms with Crippen LogP contribution in [0.1, 0.15) is 26.6 Å². The second-order valence-electron chi connectivity index (χ2n) is 4.90. The summed E-state index contributed by atoms with van der Waals surface area (Å²) in [4.78, 5) is 11.5. The minimum Gasteiger partial charge on any atom is -0.444 e. The van der Waals surface area contributed by atoms with E-state index < -0.39 is 11.7 Å². The van der Waals surface area contributed by atoms with Gasteiger partial charge in [0.05, 0.1) is 6.54 Å². The number of ether oxygens (including phenoxy) is 1. The van der Waals surface area contributed by atoms with Crippen LogP contribution in [0, 0.1) is 0 Å². The lowest BCUT2D eigenvalue weighted by Crippen LogP contribution is -2.32. The summed E-state index contributed by atoms with van der Waals surface area (Å²) >= 11 is 5.80. The molecule has 2 rings (SSSR count). The maximum absolute atomic E-state index is 11.5. The summed E-state index contributed by atoms with van der Waals surface area (Å²) < 4.78 is 6.59. The fourth-order valence-corrected chi connectivity index (χ4v) is 1.53. The predicted molar refractivity (Wildman–Crippen MR) is 68.9 cm³/mol. The van der Waals surface area contributed by atoms with Crippen LogP contribution >= 0.6 is 11.6 Å². The Bertz CT molecular complexity index is 605. The van der Waals surface area contributed by atoms with Crippen molar-refractivity contribution >= 4 is 23.3 Å². The summed E-state index contributed by atoms with van der Waals surface area (Å²) in [5.74, 6) is 0.475. The molecule has 0 aromatic carbocycles. The Labute approximate surface area is 114 Å². The van der Waals surface area contributed by atoms with Gasteiger partial charge in [0.2, 0.25) is 0 Å². The van der Waals surface area contributed by atoms with Gasteiger partial charge in [-0.3, -0.25) is 0 Å². The second kappa shape index (κ2) is 5.00. The first-order chi connectivity index (χ1) is 8.85. The van der Waals surface area contributed by atoms with Crippen molar-refractivity contribution < 1.29 is 9.53 Å². The van der Waals surface area contributed by atoms with Gasteiger partial charge in [0.15, 0.2) is 11.5 Å². The van der Waals surface area contributed by atoms with E-state index in [1.54, 1.807) is 32.9 Å². The molecular weight excluding hydrogens is 270 g/mol. The van der Waals surface area contributed by atoms with Crippen molar-refractivity contribution in [1.82, 2.24) is 25.1 Å². The normalized spacial score (nSPS) is 11.6. The highest BCUT2D eigenvalue weighted by molar-refractivity contribution is 6.29. The molecule has 0 aliphatic heterocycles. The van der Waals surface area contributed by atoms with Gasteiger partial charge in [0.25, 0.3) is 0 Å². The van der Waals surface area contributed by atoms with Crippen LogP contribution in [0.25, 0.3) is 5.65 Å². The summed E-state index contributed by atoms with van der Waals surface area (Å²) in [6, 6.07) is 3.32. The van der Waals surface area contributed by atoms with Gasteiger partial charge in [0, 0.05) is 0 Å². The second-order valence-corrected chi connectivity index (χ2v) is 5.28. The molecule has 0 aliphatic carbocycles. The lowest BCUT2D eigenvalue weighted by atomic mass is 10.2. The van der Waals surface area contributed by atoms with Crippen molar-refractivity contribution in [1.29, 1.82) is 0 Å². The molecule has 0 saturated heterocycles. The molecule has 2 aromatic heterocycles. The number of alkyl carbamates (subject to hydrolysis) is 1. The maximum atomic E-state index is 11.5. The third-order valence-electron chi connectivity index (χ3n) is 2.08. The summed E-state index contributed by atoms with van der Waals surface area (Å²) in [6.45, 7) is 5.53. The Morgan fingerprint density at radius 1 is 1.42 bits per heavy atom. The molecule has 0 fully saturated rings. The van der Waals surface area contributed by atoms with Crippen molar-refractivity contribution in [2.45, 2.75) is 32.9 Å². The summed E-state index contributed by atoms with van der Waals surface area (Å²) in [5, 5.41) is 14.8. The van der Waals surface area contributed by atoms with E-state index in [0.717, 1.165) is 0 Å². The van der Waals surface area contributed by atoms with Crippen LogP contribution in [0.3, 0.4) is 0 Å². The molecule has 0 atom stereocenters. The number of hydrogen-bond acceptors (Lipinski definition) is 5. The van der Waals surface area contributed by atoms with E-state index in [0.29, 0.717) is 16.6 Å². The molecule has 1 N–H and O–H groups in total. The highest BCUT2D eigenvalue weighted by Crippen LogP contribution is 2.08. The Hall–Kier alpha value is -1.89. The van der Waals surface area contributed by atoms with Gasteiger partial charge in [0.1, 0.15) is 10.8 Å². The Balaban J connectivity index is 2.06. The van der Waals surface area contributed by atoms with E-state index in [1.807, 2.05) is 0 Å². The van der Waals surface area contributed by atoms with Gasteiger partial charge in [-0.2, -0.15) is 9.61 Å². The van der Waals surface area contributed by atoms with Gasteiger partial charge in [-0.15, -0.1) is 10.2 Å². The molecule has 19 heavy (non-hydrogen) atoms. The average Bonchev–Trinajstić information content (AvgIpc) is 2.66. The molecule has 7 nitrogen and oxygen atoms in total. The molecular formula is C11H14ClN5O2. The van der Waals surface area contributed by atoms with Crippen LogP contribution in [-0.2, 0) is 11.3 Å². The number of aromatic nitrogens is 4. The van der Waals surface area contributed by atoms with E-state index in [-0.39, 0.29) is 6.54 Å². The molecule has 8 heteroatoms. The predicted octanol–water partition coefficient (Wildman–Crippen LogP) is 1.80. The lowest BCUT2D eigenvalue weighted by Gasteiger charge is -2.19. The molecule has 0 bridgehead atoms. The number of nitrogens with zero attached hydrogens (tertiary/aromatic N) is 4. The first-order valence-electron chi connectivity index (χ1n) is 5.69. The largest absolute Gasteiger partial charge is 0.444 e. The van der Waals surface area contributed by atoms with Crippen LogP contribution < -0.4 is 5.32 Å². The summed E-state index contributed by atoms with van der Waals surface area (Å²) in [6.07, 6.45) is -0.522. The monoisotopic (exact) mass is 283 g/mol. The van der Waals surface area contributed by atoms with E-state index in [1.165, 1.54) is 4.52 Å². The minimum atomic E-state index is -0.543. The van der Waals surface area contributed by atoms with Gasteiger partial charge in [-0.1, -0.05) is 11.6 Å². The number of hydrogen-bond donors (Lipinski definition) is 1. The zero-order chi connectivity index (χ0) is 14.0. The number of fused-ring (bicyclic) bond motifs is 1. The quantitative estimate of drug-likeness (QED) is 0.909. The van der Waals surface area contributed by atoms with Crippen molar-refractivity contribution in [2.24, 2.45) is 0 Å². The van der Waals surface area contributed by atoms with E-state index in [4.69, 9.17) is 16.3 Å². The third-order valence-corrected chi connectivity index (χ3v) is 2.29. The van der Waals surface area contributed by atoms with Crippen molar-refractivity contribution in [3.8, 4) is 0 Å². The van der Waals surface area contributed by atoms with Crippen LogP contribution in [0.15, 0.2) is 12.1 Å². The van der Waals surface area contributed by atoms with Crippen molar-refractivity contribution in [3.63, 3.8) is 0 Å². The molecule has 0 radical (unpaired) electrons. The third kappa shape index (κ3) is 3.54. The average molecular weight is 284 g/mol. The van der Waals surface area contributed by atoms with Crippen molar-refractivity contribution in [3.05, 3.63) is 23.1 Å². The number of halogens is 1. The minimum absolute atomic E-state index is 0.156. The molecule has 1 amide bonds. The van der Waals surface area contributed by atoms with E-state index >= 15 is 0 Å². The standard InChI is InChI=1S/C11H14ClN5O2/c1-11(2,3)19-10(18)13-6-9-15-14-8-5-4-7(12)16-17(8)9/h4-5H,6H2,1-3H3,(H,13,18). The molecule has 0 spiro atoms. The highest BCUT2D eigenvalue weighted by Gasteiger charge is 2.16.